The highest BCUT2D eigenvalue weighted by molar-refractivity contribution is 7.09. The van der Waals surface area contributed by atoms with Crippen LogP contribution in [-0.2, 0) is 6.54 Å². The first-order valence-electron chi connectivity index (χ1n) is 5.29. The molecule has 2 aromatic heterocycles. The maximum atomic E-state index is 5.73. The first-order chi connectivity index (χ1) is 8.28. The molecule has 2 N–H and O–H groups in total. The van der Waals surface area contributed by atoms with Gasteiger partial charge in [-0.15, -0.1) is 11.3 Å². The number of nitrogens with zero attached hydrogens (tertiary/aromatic N) is 2. The van der Waals surface area contributed by atoms with Crippen molar-refractivity contribution in [1.29, 1.82) is 0 Å². The van der Waals surface area contributed by atoms with Gasteiger partial charge in [0.25, 0.3) is 0 Å². The molecule has 3 rings (SSSR count). The number of nitrogens with two attached hydrogens (primary N) is 1. The highest BCUT2D eigenvalue weighted by atomic mass is 32.1. The van der Waals surface area contributed by atoms with Crippen molar-refractivity contribution < 1.29 is 4.42 Å². The summed E-state index contributed by atoms with van der Waals surface area (Å²) >= 11 is 1.52. The normalized spacial score (nSPS) is 11.2. The molecule has 0 radical (unpaired) electrons. The van der Waals surface area contributed by atoms with Crippen LogP contribution in [0.5, 0.6) is 0 Å². The molecule has 0 saturated carbocycles. The molecule has 0 saturated heterocycles. The number of rotatable bonds is 2. The molecule has 4 nitrogen and oxygen atoms in total. The topological polar surface area (TPSA) is 64.9 Å². The molecule has 2 heterocycles. The Morgan fingerprint density at radius 3 is 2.94 bits per heavy atom. The van der Waals surface area contributed by atoms with Crippen LogP contribution in [0.1, 0.15) is 10.6 Å². The summed E-state index contributed by atoms with van der Waals surface area (Å²) in [7, 11) is 0. The molecule has 86 valence electrons. The van der Waals surface area contributed by atoms with Gasteiger partial charge in [0.2, 0.25) is 5.89 Å². The number of hydrogen-bond acceptors (Lipinski definition) is 5. The molecule has 0 unspecified atom stereocenters. The number of fused-ring (bicyclic) bond motifs is 1. The Labute approximate surface area is 102 Å². The highest BCUT2D eigenvalue weighted by Crippen LogP contribution is 2.26. The molecule has 0 aliphatic carbocycles. The van der Waals surface area contributed by atoms with Gasteiger partial charge in [-0.1, -0.05) is 12.1 Å². The van der Waals surface area contributed by atoms with Gasteiger partial charge in [0.1, 0.15) is 16.2 Å². The van der Waals surface area contributed by atoms with E-state index in [0.29, 0.717) is 12.4 Å². The van der Waals surface area contributed by atoms with Crippen molar-refractivity contribution in [2.45, 2.75) is 13.5 Å². The molecule has 0 aliphatic heterocycles. The summed E-state index contributed by atoms with van der Waals surface area (Å²) in [6.07, 6.45) is 0. The fourth-order valence-corrected chi connectivity index (χ4v) is 2.35. The van der Waals surface area contributed by atoms with E-state index in [1.54, 1.807) is 0 Å². The number of oxazole rings is 1. The number of thiazole rings is 1. The Morgan fingerprint density at radius 1 is 1.35 bits per heavy atom. The minimum absolute atomic E-state index is 0.448. The van der Waals surface area contributed by atoms with Crippen molar-refractivity contribution in [3.63, 3.8) is 0 Å². The molecule has 0 bridgehead atoms. The Hall–Kier alpha value is -1.72. The summed E-state index contributed by atoms with van der Waals surface area (Å²) in [4.78, 5) is 8.79. The summed E-state index contributed by atoms with van der Waals surface area (Å²) in [5.74, 6) is 0.560. The number of para-hydroxylation sites is 1. The first kappa shape index (κ1) is 10.4. The van der Waals surface area contributed by atoms with Crippen LogP contribution in [0.3, 0.4) is 0 Å². The van der Waals surface area contributed by atoms with E-state index in [9.17, 15) is 0 Å². The second-order valence-corrected chi connectivity index (χ2v) is 4.72. The fourth-order valence-electron chi connectivity index (χ4n) is 1.70. The lowest BCUT2D eigenvalue weighted by Crippen LogP contribution is -1.94. The van der Waals surface area contributed by atoms with Gasteiger partial charge in [-0.2, -0.15) is 0 Å². The van der Waals surface area contributed by atoms with E-state index in [2.05, 4.69) is 9.97 Å². The van der Waals surface area contributed by atoms with Gasteiger partial charge >= 0.3 is 0 Å². The zero-order valence-electron chi connectivity index (χ0n) is 9.30. The number of aromatic nitrogens is 2. The number of benzene rings is 1. The molecular weight excluding hydrogens is 234 g/mol. The molecule has 0 fully saturated rings. The van der Waals surface area contributed by atoms with E-state index in [-0.39, 0.29) is 0 Å². The lowest BCUT2D eigenvalue weighted by molar-refractivity contribution is 0.614. The quantitative estimate of drug-likeness (QED) is 0.754. The van der Waals surface area contributed by atoms with E-state index < -0.39 is 0 Å². The van der Waals surface area contributed by atoms with Gasteiger partial charge in [0.15, 0.2) is 5.58 Å². The summed E-state index contributed by atoms with van der Waals surface area (Å²) in [5.41, 5.74) is 9.06. The maximum absolute atomic E-state index is 5.73. The van der Waals surface area contributed by atoms with Gasteiger partial charge in [0.05, 0.1) is 0 Å². The monoisotopic (exact) mass is 245 g/mol. The maximum Gasteiger partial charge on any atom is 0.247 e. The Kier molecular flexibility index (Phi) is 2.42. The summed E-state index contributed by atoms with van der Waals surface area (Å²) in [6.45, 7) is 2.45. The second kappa shape index (κ2) is 3.94. The van der Waals surface area contributed by atoms with E-state index in [1.807, 2.05) is 30.5 Å². The van der Waals surface area contributed by atoms with Crippen LogP contribution in [-0.4, -0.2) is 9.97 Å². The standard InChI is InChI=1S/C12H11N3OS/c1-7-3-2-4-8-11(7)16-12(15-8)9-6-17-10(5-13)14-9/h2-4,6H,5,13H2,1H3. The zero-order valence-corrected chi connectivity index (χ0v) is 10.1. The van der Waals surface area contributed by atoms with Crippen LogP contribution >= 0.6 is 11.3 Å². The van der Waals surface area contributed by atoms with Crippen molar-refractivity contribution in [2.24, 2.45) is 5.73 Å². The lowest BCUT2D eigenvalue weighted by Gasteiger charge is -1.90. The Morgan fingerprint density at radius 2 is 2.24 bits per heavy atom. The molecule has 17 heavy (non-hydrogen) atoms. The van der Waals surface area contributed by atoms with Crippen molar-refractivity contribution in [1.82, 2.24) is 9.97 Å². The van der Waals surface area contributed by atoms with Crippen molar-refractivity contribution in [3.8, 4) is 11.6 Å². The van der Waals surface area contributed by atoms with Crippen LogP contribution < -0.4 is 5.73 Å². The van der Waals surface area contributed by atoms with Crippen LogP contribution in [0.25, 0.3) is 22.7 Å². The van der Waals surface area contributed by atoms with Crippen LogP contribution in [0, 0.1) is 6.92 Å². The van der Waals surface area contributed by atoms with E-state index >= 15 is 0 Å². The zero-order chi connectivity index (χ0) is 11.8. The van der Waals surface area contributed by atoms with Gasteiger partial charge in [-0.25, -0.2) is 9.97 Å². The Balaban J connectivity index is 2.14. The summed E-state index contributed by atoms with van der Waals surface area (Å²) in [6, 6.07) is 5.91. The molecule has 0 atom stereocenters. The smallest absolute Gasteiger partial charge is 0.247 e. The third-order valence-electron chi connectivity index (χ3n) is 2.56. The minimum Gasteiger partial charge on any atom is -0.434 e. The van der Waals surface area contributed by atoms with E-state index in [4.69, 9.17) is 10.2 Å². The van der Waals surface area contributed by atoms with Crippen molar-refractivity contribution in [3.05, 3.63) is 34.2 Å². The summed E-state index contributed by atoms with van der Waals surface area (Å²) < 4.78 is 5.73. The van der Waals surface area contributed by atoms with Gasteiger partial charge in [-0.05, 0) is 18.6 Å². The van der Waals surface area contributed by atoms with Crippen LogP contribution in [0.4, 0.5) is 0 Å². The lowest BCUT2D eigenvalue weighted by atomic mass is 10.2. The minimum atomic E-state index is 0.448. The average molecular weight is 245 g/mol. The average Bonchev–Trinajstić information content (AvgIpc) is 2.95. The molecular formula is C12H11N3OS. The summed E-state index contributed by atoms with van der Waals surface area (Å²) in [5, 5.41) is 2.81. The largest absolute Gasteiger partial charge is 0.434 e. The second-order valence-electron chi connectivity index (χ2n) is 3.77. The van der Waals surface area contributed by atoms with Gasteiger partial charge in [0, 0.05) is 11.9 Å². The first-order valence-corrected chi connectivity index (χ1v) is 6.17. The van der Waals surface area contributed by atoms with Crippen LogP contribution in [0.15, 0.2) is 28.0 Å². The predicted octanol–water partition coefficient (Wildman–Crippen LogP) is 2.72. The third-order valence-corrected chi connectivity index (χ3v) is 3.43. The van der Waals surface area contributed by atoms with Gasteiger partial charge in [-0.3, -0.25) is 0 Å². The van der Waals surface area contributed by atoms with E-state index in [1.165, 1.54) is 11.3 Å². The third kappa shape index (κ3) is 1.73. The molecule has 0 aliphatic rings. The van der Waals surface area contributed by atoms with E-state index in [0.717, 1.165) is 27.4 Å². The Bertz CT molecular complexity index is 671. The molecule has 3 aromatic rings. The molecule has 1 aromatic carbocycles. The van der Waals surface area contributed by atoms with Crippen LogP contribution in [0.2, 0.25) is 0 Å². The number of hydrogen-bond donors (Lipinski definition) is 1. The molecule has 5 heteroatoms. The fraction of sp³-hybridized carbons (Fsp3) is 0.167. The number of aryl methyl sites for hydroxylation is 1. The van der Waals surface area contributed by atoms with Gasteiger partial charge < -0.3 is 10.2 Å². The predicted molar refractivity (Wildman–Crippen MR) is 67.7 cm³/mol. The van der Waals surface area contributed by atoms with Crippen molar-refractivity contribution >= 4 is 22.4 Å². The van der Waals surface area contributed by atoms with Crippen molar-refractivity contribution in [2.75, 3.05) is 0 Å². The molecule has 0 spiro atoms. The highest BCUT2D eigenvalue weighted by Gasteiger charge is 2.12. The molecule has 0 amide bonds. The SMILES string of the molecule is Cc1cccc2nc(-c3csc(CN)n3)oc12.